The summed E-state index contributed by atoms with van der Waals surface area (Å²) in [4.78, 5) is 12.2. The van der Waals surface area contributed by atoms with Crippen LogP contribution in [0.3, 0.4) is 0 Å². The number of hydrogen-bond acceptors (Lipinski definition) is 3. The van der Waals surface area contributed by atoms with Gasteiger partial charge in [0.2, 0.25) is 0 Å². The van der Waals surface area contributed by atoms with Crippen molar-refractivity contribution in [3.8, 4) is 6.07 Å². The van der Waals surface area contributed by atoms with Crippen LogP contribution < -0.4 is 10.7 Å². The number of nitrogens with zero attached hydrogens (tertiary/aromatic N) is 2. The van der Waals surface area contributed by atoms with E-state index in [-0.39, 0.29) is 28.9 Å². The van der Waals surface area contributed by atoms with E-state index in [1.54, 1.807) is 24.3 Å². The number of nitriles is 1. The van der Waals surface area contributed by atoms with Gasteiger partial charge in [-0.3, -0.25) is 0 Å². The number of carbonyl (C=O) groups is 1. The number of anilines is 1. The summed E-state index contributed by atoms with van der Waals surface area (Å²) in [6, 6.07) is 16.9. The number of hydrazone groups is 1. The van der Waals surface area contributed by atoms with Crippen LogP contribution in [0.4, 0.5) is 32.4 Å². The van der Waals surface area contributed by atoms with Gasteiger partial charge in [0.1, 0.15) is 0 Å². The SMILES string of the molecule is N#Cc1ccc(C/C(=N/NC(=O)Nc2ccc(C(F)F)cc2)c2cccc(C(F)(F)F)c2)cc1. The first-order chi connectivity index (χ1) is 16.2. The fourth-order valence-electron chi connectivity index (χ4n) is 2.96. The van der Waals surface area contributed by atoms with E-state index in [4.69, 9.17) is 5.26 Å². The number of alkyl halides is 5. The van der Waals surface area contributed by atoms with Crippen molar-refractivity contribution in [2.24, 2.45) is 5.10 Å². The van der Waals surface area contributed by atoms with E-state index >= 15 is 0 Å². The van der Waals surface area contributed by atoms with Crippen LogP contribution in [0.1, 0.15) is 34.2 Å². The smallest absolute Gasteiger partial charge is 0.307 e. The third kappa shape index (κ3) is 6.62. The molecule has 0 heterocycles. The summed E-state index contributed by atoms with van der Waals surface area (Å²) in [5, 5.41) is 15.3. The Balaban J connectivity index is 1.83. The predicted octanol–water partition coefficient (Wildman–Crippen LogP) is 6.28. The van der Waals surface area contributed by atoms with E-state index in [0.29, 0.717) is 11.1 Å². The molecule has 0 radical (unpaired) electrons. The monoisotopic (exact) mass is 472 g/mol. The highest BCUT2D eigenvalue weighted by atomic mass is 19.4. The molecule has 0 spiro atoms. The summed E-state index contributed by atoms with van der Waals surface area (Å²) < 4.78 is 64.8. The van der Waals surface area contributed by atoms with E-state index < -0.39 is 24.2 Å². The Labute approximate surface area is 191 Å². The Morgan fingerprint density at radius 2 is 1.68 bits per heavy atom. The average molecular weight is 472 g/mol. The molecule has 0 saturated carbocycles. The Bertz CT molecular complexity index is 1210. The van der Waals surface area contributed by atoms with E-state index in [0.717, 1.165) is 24.3 Å². The fourth-order valence-corrected chi connectivity index (χ4v) is 2.96. The molecule has 2 amide bonds. The second kappa shape index (κ2) is 10.6. The lowest BCUT2D eigenvalue weighted by Gasteiger charge is -2.12. The molecule has 3 aromatic rings. The molecule has 0 aliphatic rings. The number of halogens is 5. The molecule has 0 unspecified atom stereocenters. The third-order valence-electron chi connectivity index (χ3n) is 4.69. The minimum Gasteiger partial charge on any atom is -0.307 e. The minimum atomic E-state index is -4.56. The van der Waals surface area contributed by atoms with Crippen molar-refractivity contribution in [3.05, 3.63) is 101 Å². The molecule has 174 valence electrons. The number of benzene rings is 3. The Morgan fingerprint density at radius 1 is 1.00 bits per heavy atom. The third-order valence-corrected chi connectivity index (χ3v) is 4.69. The van der Waals surface area contributed by atoms with Crippen molar-refractivity contribution in [2.75, 3.05) is 5.32 Å². The number of carbonyl (C=O) groups excluding carboxylic acids is 1. The van der Waals surface area contributed by atoms with Crippen LogP contribution >= 0.6 is 0 Å². The normalized spacial score (nSPS) is 11.7. The first kappa shape index (κ1) is 24.4. The average Bonchev–Trinajstić information content (AvgIpc) is 2.82. The molecule has 3 aromatic carbocycles. The number of amides is 2. The van der Waals surface area contributed by atoms with Gasteiger partial charge in [-0.15, -0.1) is 0 Å². The minimum absolute atomic E-state index is 0.0659. The lowest BCUT2D eigenvalue weighted by atomic mass is 9.99. The van der Waals surface area contributed by atoms with Gasteiger partial charge in [-0.1, -0.05) is 36.4 Å². The summed E-state index contributed by atoms with van der Waals surface area (Å²) in [5.41, 5.74) is 2.71. The molecule has 0 atom stereocenters. The maximum atomic E-state index is 13.2. The van der Waals surface area contributed by atoms with E-state index in [1.165, 1.54) is 24.3 Å². The Hall–Kier alpha value is -4.26. The van der Waals surface area contributed by atoms with Gasteiger partial charge in [-0.05, 0) is 47.5 Å². The van der Waals surface area contributed by atoms with Crippen LogP contribution in [0, 0.1) is 11.3 Å². The molecule has 0 bridgehead atoms. The summed E-state index contributed by atoms with van der Waals surface area (Å²) >= 11 is 0. The molecule has 2 N–H and O–H groups in total. The topological polar surface area (TPSA) is 77.3 Å². The molecule has 3 rings (SSSR count). The van der Waals surface area contributed by atoms with E-state index in [1.807, 2.05) is 6.07 Å². The predicted molar refractivity (Wildman–Crippen MR) is 116 cm³/mol. The maximum Gasteiger partial charge on any atom is 0.416 e. The van der Waals surface area contributed by atoms with Gasteiger partial charge in [0, 0.05) is 17.7 Å². The Morgan fingerprint density at radius 3 is 2.26 bits per heavy atom. The lowest BCUT2D eigenvalue weighted by molar-refractivity contribution is -0.137. The van der Waals surface area contributed by atoms with Crippen molar-refractivity contribution >= 4 is 17.4 Å². The number of hydrogen-bond donors (Lipinski definition) is 2. The van der Waals surface area contributed by atoms with Gasteiger partial charge >= 0.3 is 12.2 Å². The van der Waals surface area contributed by atoms with Gasteiger partial charge in [0.05, 0.1) is 22.9 Å². The fraction of sp³-hybridized carbons (Fsp3) is 0.125. The summed E-state index contributed by atoms with van der Waals surface area (Å²) in [5.74, 6) is 0. The highest BCUT2D eigenvalue weighted by Gasteiger charge is 2.30. The largest absolute Gasteiger partial charge is 0.416 e. The first-order valence-corrected chi connectivity index (χ1v) is 9.84. The number of urea groups is 1. The van der Waals surface area contributed by atoms with Crippen molar-refractivity contribution < 1.29 is 26.7 Å². The van der Waals surface area contributed by atoms with Crippen LogP contribution in [0.2, 0.25) is 0 Å². The number of rotatable bonds is 6. The molecule has 34 heavy (non-hydrogen) atoms. The van der Waals surface area contributed by atoms with Crippen molar-refractivity contribution in [2.45, 2.75) is 19.0 Å². The standard InChI is InChI=1S/C24H17F5N4O/c25-22(26)17-8-10-20(11-9-17)31-23(34)33-32-21(12-15-4-6-16(14-30)7-5-15)18-2-1-3-19(13-18)24(27,28)29/h1-11,13,22H,12H2,(H2,31,33,34)/b32-21-. The molecule has 0 fully saturated rings. The molecule has 0 aliphatic heterocycles. The van der Waals surface area contributed by atoms with Crippen molar-refractivity contribution in [1.29, 1.82) is 5.26 Å². The Kier molecular flexibility index (Phi) is 7.58. The van der Waals surface area contributed by atoms with E-state index in [2.05, 4.69) is 15.8 Å². The molecule has 10 heteroatoms. The molecule has 0 saturated heterocycles. The second-order valence-corrected chi connectivity index (χ2v) is 7.11. The van der Waals surface area contributed by atoms with E-state index in [9.17, 15) is 26.7 Å². The molecular weight excluding hydrogens is 455 g/mol. The van der Waals surface area contributed by atoms with Gasteiger partial charge in [-0.2, -0.15) is 23.5 Å². The maximum absolute atomic E-state index is 13.2. The van der Waals surface area contributed by atoms with Crippen molar-refractivity contribution in [3.63, 3.8) is 0 Å². The zero-order valence-electron chi connectivity index (χ0n) is 17.4. The van der Waals surface area contributed by atoms with Crippen LogP contribution in [-0.2, 0) is 12.6 Å². The molecule has 5 nitrogen and oxygen atoms in total. The highest BCUT2D eigenvalue weighted by Crippen LogP contribution is 2.30. The second-order valence-electron chi connectivity index (χ2n) is 7.11. The quantitative estimate of drug-likeness (QED) is 0.252. The zero-order chi connectivity index (χ0) is 24.7. The van der Waals surface area contributed by atoms with Gasteiger partial charge in [0.15, 0.2) is 0 Å². The summed E-state index contributed by atoms with van der Waals surface area (Å²) in [6.45, 7) is 0. The molecule has 0 aromatic heterocycles. The van der Waals surface area contributed by atoms with Gasteiger partial charge in [0.25, 0.3) is 6.43 Å². The summed E-state index contributed by atoms with van der Waals surface area (Å²) in [6.07, 6.45) is -7.15. The van der Waals surface area contributed by atoms with Gasteiger partial charge < -0.3 is 5.32 Å². The lowest BCUT2D eigenvalue weighted by Crippen LogP contribution is -2.26. The zero-order valence-corrected chi connectivity index (χ0v) is 17.4. The van der Waals surface area contributed by atoms with Crippen molar-refractivity contribution in [1.82, 2.24) is 5.43 Å². The molecular formula is C24H17F5N4O. The first-order valence-electron chi connectivity index (χ1n) is 9.84. The highest BCUT2D eigenvalue weighted by molar-refractivity contribution is 6.03. The van der Waals surface area contributed by atoms with Gasteiger partial charge in [-0.25, -0.2) is 19.0 Å². The number of nitrogens with one attached hydrogen (secondary N) is 2. The van der Waals surface area contributed by atoms with Crippen LogP contribution in [0.25, 0.3) is 0 Å². The van der Waals surface area contributed by atoms with Crippen LogP contribution in [-0.4, -0.2) is 11.7 Å². The molecule has 0 aliphatic carbocycles. The van der Waals surface area contributed by atoms with Crippen LogP contribution in [0.15, 0.2) is 77.9 Å². The van der Waals surface area contributed by atoms with Crippen LogP contribution in [0.5, 0.6) is 0 Å². The summed E-state index contributed by atoms with van der Waals surface area (Å²) in [7, 11) is 0.